The number of hydrogen-bond donors (Lipinski definition) is 1. The number of piperidine rings is 1. The van der Waals surface area contributed by atoms with Crippen molar-refractivity contribution in [3.8, 4) is 11.1 Å². The second-order valence-corrected chi connectivity index (χ2v) is 9.20. The zero-order valence-corrected chi connectivity index (χ0v) is 17.9. The van der Waals surface area contributed by atoms with Gasteiger partial charge in [0.05, 0.1) is 5.39 Å². The van der Waals surface area contributed by atoms with Gasteiger partial charge in [0.15, 0.2) is 0 Å². The molecule has 4 heterocycles. The van der Waals surface area contributed by atoms with Crippen molar-refractivity contribution in [1.82, 2.24) is 20.2 Å². The maximum Gasteiger partial charge on any atom is 0.141 e. The summed E-state index contributed by atoms with van der Waals surface area (Å²) in [6, 6.07) is 12.0. The molecule has 0 spiro atoms. The van der Waals surface area contributed by atoms with Crippen molar-refractivity contribution in [3.63, 3.8) is 0 Å². The maximum atomic E-state index is 4.74. The number of nitrogens with one attached hydrogen (secondary N) is 1. The first-order valence-electron chi connectivity index (χ1n) is 10.8. The molecule has 6 heteroatoms. The van der Waals surface area contributed by atoms with Gasteiger partial charge in [0.2, 0.25) is 0 Å². The SMILES string of the molecule is CN(CC1CCCN1)C1CCN(c2ncnc3scc(-c4ccccc4)c23)CC1. The molecule has 0 amide bonds. The third-order valence-corrected chi connectivity index (χ3v) is 7.38. The van der Waals surface area contributed by atoms with Crippen molar-refractivity contribution in [2.24, 2.45) is 0 Å². The van der Waals surface area contributed by atoms with Crippen LogP contribution in [0.3, 0.4) is 0 Å². The minimum Gasteiger partial charge on any atom is -0.356 e. The summed E-state index contributed by atoms with van der Waals surface area (Å²) in [4.78, 5) is 15.4. The summed E-state index contributed by atoms with van der Waals surface area (Å²) >= 11 is 1.72. The highest BCUT2D eigenvalue weighted by molar-refractivity contribution is 7.17. The van der Waals surface area contributed by atoms with Crippen LogP contribution in [0.2, 0.25) is 0 Å². The van der Waals surface area contributed by atoms with Crippen molar-refractivity contribution in [2.45, 2.75) is 37.8 Å². The number of thiophene rings is 1. The first-order chi connectivity index (χ1) is 14.3. The van der Waals surface area contributed by atoms with Gasteiger partial charge in [-0.3, -0.25) is 0 Å². The first-order valence-corrected chi connectivity index (χ1v) is 11.6. The van der Waals surface area contributed by atoms with Crippen LogP contribution in [0.1, 0.15) is 25.7 Å². The van der Waals surface area contributed by atoms with Gasteiger partial charge in [-0.05, 0) is 44.8 Å². The summed E-state index contributed by atoms with van der Waals surface area (Å²) < 4.78 is 0. The molecule has 0 aliphatic carbocycles. The van der Waals surface area contributed by atoms with Crippen LogP contribution in [0, 0.1) is 0 Å². The number of hydrogen-bond acceptors (Lipinski definition) is 6. The molecule has 3 aromatic rings. The molecule has 152 valence electrons. The van der Waals surface area contributed by atoms with E-state index in [1.807, 2.05) is 0 Å². The molecule has 2 saturated heterocycles. The van der Waals surface area contributed by atoms with Gasteiger partial charge in [-0.15, -0.1) is 11.3 Å². The number of fused-ring (bicyclic) bond motifs is 1. The third kappa shape index (κ3) is 3.89. The van der Waals surface area contributed by atoms with Gasteiger partial charge in [0.1, 0.15) is 17.0 Å². The molecule has 29 heavy (non-hydrogen) atoms. The van der Waals surface area contributed by atoms with Crippen molar-refractivity contribution >= 4 is 27.4 Å². The Morgan fingerprint density at radius 2 is 1.97 bits per heavy atom. The Hall–Kier alpha value is -2.02. The Morgan fingerprint density at radius 3 is 2.72 bits per heavy atom. The molecule has 0 radical (unpaired) electrons. The quantitative estimate of drug-likeness (QED) is 0.692. The van der Waals surface area contributed by atoms with E-state index in [9.17, 15) is 0 Å². The van der Waals surface area contributed by atoms with Gasteiger partial charge in [-0.25, -0.2) is 9.97 Å². The molecule has 5 rings (SSSR count). The molecule has 5 nitrogen and oxygen atoms in total. The zero-order chi connectivity index (χ0) is 19.6. The molecular formula is C23H29N5S. The fourth-order valence-corrected chi connectivity index (χ4v) is 5.77. The first kappa shape index (κ1) is 19.0. The number of likely N-dealkylation sites (N-methyl/N-ethyl adjacent to an activating group) is 1. The molecule has 2 aliphatic rings. The standard InChI is InChI=1S/C23H29N5S/c1-27(14-18-8-5-11-24-18)19-9-12-28(13-10-19)22-21-20(17-6-3-2-4-7-17)15-29-23(21)26-16-25-22/h2-4,6-7,15-16,18-19,24H,5,8-14H2,1H3. The third-order valence-electron chi connectivity index (χ3n) is 6.49. The maximum absolute atomic E-state index is 4.74. The van der Waals surface area contributed by atoms with Gasteiger partial charge < -0.3 is 15.1 Å². The van der Waals surface area contributed by atoms with Crippen molar-refractivity contribution < 1.29 is 0 Å². The number of nitrogens with zero attached hydrogens (tertiary/aromatic N) is 4. The smallest absolute Gasteiger partial charge is 0.141 e. The highest BCUT2D eigenvalue weighted by Crippen LogP contribution is 2.38. The van der Waals surface area contributed by atoms with E-state index in [2.05, 4.69) is 62.9 Å². The second kappa shape index (κ2) is 8.38. The number of rotatable bonds is 5. The molecular weight excluding hydrogens is 378 g/mol. The van der Waals surface area contributed by atoms with E-state index in [-0.39, 0.29) is 0 Å². The minimum atomic E-state index is 0.669. The van der Waals surface area contributed by atoms with E-state index in [1.165, 1.54) is 55.3 Å². The molecule has 1 aromatic carbocycles. The van der Waals surface area contributed by atoms with Crippen LogP contribution in [0.25, 0.3) is 21.3 Å². The lowest BCUT2D eigenvalue weighted by molar-refractivity contribution is 0.192. The molecule has 0 saturated carbocycles. The molecule has 2 fully saturated rings. The van der Waals surface area contributed by atoms with E-state index >= 15 is 0 Å². The largest absolute Gasteiger partial charge is 0.356 e. The van der Waals surface area contributed by atoms with E-state index in [0.717, 1.165) is 23.7 Å². The van der Waals surface area contributed by atoms with Crippen LogP contribution in [-0.4, -0.2) is 60.2 Å². The molecule has 1 N–H and O–H groups in total. The number of anilines is 1. The van der Waals surface area contributed by atoms with Crippen molar-refractivity contribution in [2.75, 3.05) is 38.1 Å². The fraction of sp³-hybridized carbons (Fsp3) is 0.478. The number of benzene rings is 1. The average Bonchev–Trinajstić information content (AvgIpc) is 3.44. The monoisotopic (exact) mass is 407 g/mol. The van der Waals surface area contributed by atoms with Gasteiger partial charge in [-0.1, -0.05) is 30.3 Å². The van der Waals surface area contributed by atoms with Crippen LogP contribution in [0.15, 0.2) is 42.0 Å². The zero-order valence-electron chi connectivity index (χ0n) is 17.1. The van der Waals surface area contributed by atoms with E-state index in [0.29, 0.717) is 12.1 Å². The normalized spacial score (nSPS) is 20.8. The highest BCUT2D eigenvalue weighted by atomic mass is 32.1. The van der Waals surface area contributed by atoms with Crippen LogP contribution < -0.4 is 10.2 Å². The average molecular weight is 408 g/mol. The molecule has 1 unspecified atom stereocenters. The Bertz CT molecular complexity index is 942. The Balaban J connectivity index is 1.34. The topological polar surface area (TPSA) is 44.3 Å². The van der Waals surface area contributed by atoms with Crippen molar-refractivity contribution in [3.05, 3.63) is 42.0 Å². The van der Waals surface area contributed by atoms with Crippen LogP contribution in [0.5, 0.6) is 0 Å². The predicted molar refractivity (Wildman–Crippen MR) is 122 cm³/mol. The molecule has 1 atom stereocenters. The van der Waals surface area contributed by atoms with E-state index in [1.54, 1.807) is 17.7 Å². The summed E-state index contributed by atoms with van der Waals surface area (Å²) in [6.45, 7) is 4.47. The fourth-order valence-electron chi connectivity index (χ4n) is 4.86. The summed E-state index contributed by atoms with van der Waals surface area (Å²) in [7, 11) is 2.30. The highest BCUT2D eigenvalue weighted by Gasteiger charge is 2.27. The Kier molecular flexibility index (Phi) is 5.48. The van der Waals surface area contributed by atoms with Gasteiger partial charge in [0.25, 0.3) is 0 Å². The van der Waals surface area contributed by atoms with Crippen LogP contribution >= 0.6 is 11.3 Å². The lowest BCUT2D eigenvalue weighted by Gasteiger charge is -2.38. The summed E-state index contributed by atoms with van der Waals surface area (Å²) in [5, 5.41) is 7.08. The van der Waals surface area contributed by atoms with E-state index < -0.39 is 0 Å². The number of aromatic nitrogens is 2. The lowest BCUT2D eigenvalue weighted by Crippen LogP contribution is -2.47. The van der Waals surface area contributed by atoms with Crippen molar-refractivity contribution in [1.29, 1.82) is 0 Å². The predicted octanol–water partition coefficient (Wildman–Crippen LogP) is 4.01. The summed E-state index contributed by atoms with van der Waals surface area (Å²) in [5.74, 6) is 1.11. The molecule has 0 bridgehead atoms. The van der Waals surface area contributed by atoms with Gasteiger partial charge in [0, 0.05) is 42.7 Å². The lowest BCUT2D eigenvalue weighted by atomic mass is 10.0. The van der Waals surface area contributed by atoms with Crippen LogP contribution in [-0.2, 0) is 0 Å². The summed E-state index contributed by atoms with van der Waals surface area (Å²) in [6.07, 6.45) is 6.76. The Morgan fingerprint density at radius 1 is 1.14 bits per heavy atom. The van der Waals surface area contributed by atoms with Gasteiger partial charge >= 0.3 is 0 Å². The Labute approximate surface area is 176 Å². The molecule has 2 aliphatic heterocycles. The minimum absolute atomic E-state index is 0.669. The van der Waals surface area contributed by atoms with E-state index in [4.69, 9.17) is 4.98 Å². The van der Waals surface area contributed by atoms with Crippen LogP contribution in [0.4, 0.5) is 5.82 Å². The van der Waals surface area contributed by atoms with Gasteiger partial charge in [-0.2, -0.15) is 0 Å². The second-order valence-electron chi connectivity index (χ2n) is 8.34. The molecule has 2 aromatic heterocycles. The summed E-state index contributed by atoms with van der Waals surface area (Å²) in [5.41, 5.74) is 2.50.